The van der Waals surface area contributed by atoms with Gasteiger partial charge in [-0.15, -0.1) is 0 Å². The first-order valence-electron chi connectivity index (χ1n) is 7.01. The zero-order valence-corrected chi connectivity index (χ0v) is 14.3. The van der Waals surface area contributed by atoms with Crippen molar-refractivity contribution in [3.8, 4) is 0 Å². The molecule has 4 nitrogen and oxygen atoms in total. The molecule has 0 amide bonds. The average Bonchev–Trinajstić information content (AvgIpc) is 2.41. The van der Waals surface area contributed by atoms with Crippen LogP contribution in [0.4, 0.5) is 5.82 Å². The summed E-state index contributed by atoms with van der Waals surface area (Å²) in [5, 5.41) is 7.07. The summed E-state index contributed by atoms with van der Waals surface area (Å²) in [6.45, 7) is 5.57. The maximum atomic E-state index is 5.35. The van der Waals surface area contributed by atoms with Gasteiger partial charge in [0, 0.05) is 23.3 Å². The normalized spacial score (nSPS) is 21.2. The van der Waals surface area contributed by atoms with Crippen LogP contribution in [-0.4, -0.2) is 33.7 Å². The molecule has 110 valence electrons. The Balaban J connectivity index is 1.85. The highest BCUT2D eigenvalue weighted by molar-refractivity contribution is 9.10. The molecule has 0 spiro atoms. The van der Waals surface area contributed by atoms with Crippen molar-refractivity contribution in [1.29, 1.82) is 0 Å². The number of likely N-dealkylation sites (tertiary alicyclic amines) is 1. The van der Waals surface area contributed by atoms with Gasteiger partial charge in [0.2, 0.25) is 0 Å². The van der Waals surface area contributed by atoms with E-state index in [1.165, 1.54) is 19.3 Å². The van der Waals surface area contributed by atoms with E-state index in [0.29, 0.717) is 11.2 Å². The molecule has 20 heavy (non-hydrogen) atoms. The second kappa shape index (κ2) is 7.33. The van der Waals surface area contributed by atoms with Gasteiger partial charge in [-0.2, -0.15) is 0 Å². The summed E-state index contributed by atoms with van der Waals surface area (Å²) in [7, 11) is 0. The van der Waals surface area contributed by atoms with Crippen LogP contribution >= 0.6 is 28.1 Å². The second-order valence-corrected chi connectivity index (χ2v) is 6.54. The minimum Gasteiger partial charge on any atom is -0.347 e. The predicted octanol–water partition coefficient (Wildman–Crippen LogP) is 3.35. The Hall–Kier alpha value is -0.720. The van der Waals surface area contributed by atoms with Gasteiger partial charge in [-0.25, -0.2) is 4.98 Å². The van der Waals surface area contributed by atoms with Gasteiger partial charge in [0.25, 0.3) is 0 Å². The molecule has 0 aliphatic carbocycles. The van der Waals surface area contributed by atoms with E-state index in [1.807, 2.05) is 12.1 Å². The second-order valence-electron chi connectivity index (χ2n) is 5.22. The molecule has 6 heteroatoms. The van der Waals surface area contributed by atoms with Crippen LogP contribution in [0.2, 0.25) is 0 Å². The summed E-state index contributed by atoms with van der Waals surface area (Å²) in [6, 6.07) is 4.44. The Labute approximate surface area is 134 Å². The van der Waals surface area contributed by atoms with Crippen molar-refractivity contribution in [1.82, 2.24) is 15.2 Å². The molecule has 0 bridgehead atoms. The van der Waals surface area contributed by atoms with Gasteiger partial charge in [-0.05, 0) is 67.0 Å². The summed E-state index contributed by atoms with van der Waals surface area (Å²) < 4.78 is 0.956. The van der Waals surface area contributed by atoms with Gasteiger partial charge in [0.1, 0.15) is 5.82 Å². The summed E-state index contributed by atoms with van der Waals surface area (Å²) in [4.78, 5) is 6.72. The Kier molecular flexibility index (Phi) is 5.74. The third kappa shape index (κ3) is 4.40. The molecule has 1 fully saturated rings. The third-order valence-corrected chi connectivity index (χ3v) is 4.35. The lowest BCUT2D eigenvalue weighted by atomic mass is 10.0. The number of nitrogens with zero attached hydrogens (tertiary/aromatic N) is 2. The number of hydrogen-bond acceptors (Lipinski definition) is 3. The molecule has 1 aliphatic rings. The number of pyridine rings is 1. The highest BCUT2D eigenvalue weighted by atomic mass is 79.9. The summed E-state index contributed by atoms with van der Waals surface area (Å²) >= 11 is 8.72. The van der Waals surface area contributed by atoms with Crippen LogP contribution < -0.4 is 10.6 Å². The monoisotopic (exact) mass is 356 g/mol. The molecule has 1 aliphatic heterocycles. The molecule has 1 aromatic heterocycles. The minimum absolute atomic E-state index is 0.237. The van der Waals surface area contributed by atoms with Crippen LogP contribution in [0.5, 0.6) is 0 Å². The molecule has 0 radical (unpaired) electrons. The van der Waals surface area contributed by atoms with Gasteiger partial charge in [-0.1, -0.05) is 6.42 Å². The maximum Gasteiger partial charge on any atom is 0.173 e. The molecule has 2 rings (SSSR count). The largest absolute Gasteiger partial charge is 0.347 e. The molecular weight excluding hydrogens is 336 g/mol. The van der Waals surface area contributed by atoms with Crippen molar-refractivity contribution in [3.63, 3.8) is 0 Å². The van der Waals surface area contributed by atoms with Crippen molar-refractivity contribution in [3.05, 3.63) is 22.8 Å². The number of rotatable bonds is 3. The van der Waals surface area contributed by atoms with Gasteiger partial charge >= 0.3 is 0 Å². The standard InChI is InChI=1S/C14H21BrN4S/c1-10-5-3-4-8-19(10)11(2)17-14(20)18-13-7-6-12(15)9-16-13/h6-7,9-11H,3-5,8H2,1-2H3,(H2,16,17,18,20). The van der Waals surface area contributed by atoms with E-state index >= 15 is 0 Å². The summed E-state index contributed by atoms with van der Waals surface area (Å²) in [6.07, 6.45) is 5.85. The molecule has 1 aromatic rings. The third-order valence-electron chi connectivity index (χ3n) is 3.66. The number of halogens is 1. The van der Waals surface area contributed by atoms with Crippen molar-refractivity contribution < 1.29 is 0 Å². The number of hydrogen-bond donors (Lipinski definition) is 2. The first kappa shape index (κ1) is 15.7. The first-order valence-corrected chi connectivity index (χ1v) is 8.21. The van der Waals surface area contributed by atoms with E-state index < -0.39 is 0 Å². The van der Waals surface area contributed by atoms with Crippen molar-refractivity contribution in [2.75, 3.05) is 11.9 Å². The zero-order chi connectivity index (χ0) is 14.5. The smallest absolute Gasteiger partial charge is 0.173 e. The Morgan fingerprint density at radius 3 is 2.95 bits per heavy atom. The number of nitrogens with one attached hydrogen (secondary N) is 2. The van der Waals surface area contributed by atoms with Crippen LogP contribution in [0, 0.1) is 0 Å². The fourth-order valence-corrected chi connectivity index (χ4v) is 3.08. The fourth-order valence-electron chi connectivity index (χ4n) is 2.57. The Morgan fingerprint density at radius 2 is 2.30 bits per heavy atom. The molecule has 2 unspecified atom stereocenters. The topological polar surface area (TPSA) is 40.2 Å². The predicted molar refractivity (Wildman–Crippen MR) is 90.8 cm³/mol. The Bertz CT molecular complexity index is 451. The van der Waals surface area contributed by atoms with Gasteiger partial charge in [-0.3, -0.25) is 4.90 Å². The molecule has 0 saturated carbocycles. The maximum absolute atomic E-state index is 5.35. The quantitative estimate of drug-likeness (QED) is 0.812. The van der Waals surface area contributed by atoms with E-state index in [-0.39, 0.29) is 6.17 Å². The molecular formula is C14H21BrN4S. The number of anilines is 1. The molecule has 0 aromatic carbocycles. The van der Waals surface area contributed by atoms with Crippen LogP contribution in [0.25, 0.3) is 0 Å². The highest BCUT2D eigenvalue weighted by Gasteiger charge is 2.23. The van der Waals surface area contributed by atoms with E-state index in [2.05, 4.69) is 50.3 Å². The fraction of sp³-hybridized carbons (Fsp3) is 0.571. The van der Waals surface area contributed by atoms with Crippen LogP contribution in [0.1, 0.15) is 33.1 Å². The van der Waals surface area contributed by atoms with Crippen molar-refractivity contribution in [2.24, 2.45) is 0 Å². The SMILES string of the molecule is CC1CCCCN1C(C)NC(=S)Nc1ccc(Br)cn1. The average molecular weight is 357 g/mol. The highest BCUT2D eigenvalue weighted by Crippen LogP contribution is 2.18. The van der Waals surface area contributed by atoms with E-state index in [4.69, 9.17) is 12.2 Å². The van der Waals surface area contributed by atoms with Gasteiger partial charge < -0.3 is 10.6 Å². The van der Waals surface area contributed by atoms with Crippen molar-refractivity contribution >= 4 is 39.1 Å². The first-order chi connectivity index (χ1) is 9.56. The summed E-state index contributed by atoms with van der Waals surface area (Å²) in [5.41, 5.74) is 0. The minimum atomic E-state index is 0.237. The van der Waals surface area contributed by atoms with Crippen LogP contribution in [0.3, 0.4) is 0 Å². The van der Waals surface area contributed by atoms with E-state index in [0.717, 1.165) is 16.8 Å². The lowest BCUT2D eigenvalue weighted by molar-refractivity contribution is 0.107. The summed E-state index contributed by atoms with van der Waals surface area (Å²) in [5.74, 6) is 0.754. The lowest BCUT2D eigenvalue weighted by Gasteiger charge is -2.38. The number of thiocarbonyl (C=S) groups is 1. The molecule has 2 atom stereocenters. The van der Waals surface area contributed by atoms with E-state index in [1.54, 1.807) is 6.20 Å². The van der Waals surface area contributed by atoms with Crippen LogP contribution in [-0.2, 0) is 0 Å². The van der Waals surface area contributed by atoms with Crippen LogP contribution in [0.15, 0.2) is 22.8 Å². The lowest BCUT2D eigenvalue weighted by Crippen LogP contribution is -2.52. The van der Waals surface area contributed by atoms with E-state index in [9.17, 15) is 0 Å². The molecule has 2 heterocycles. The Morgan fingerprint density at radius 1 is 1.50 bits per heavy atom. The van der Waals surface area contributed by atoms with Gasteiger partial charge in [0.15, 0.2) is 5.11 Å². The zero-order valence-electron chi connectivity index (χ0n) is 11.9. The number of piperidine rings is 1. The molecule has 1 saturated heterocycles. The number of aromatic nitrogens is 1. The van der Waals surface area contributed by atoms with Gasteiger partial charge in [0.05, 0.1) is 6.17 Å². The molecule has 2 N–H and O–H groups in total. The van der Waals surface area contributed by atoms with Crippen molar-refractivity contribution in [2.45, 2.75) is 45.3 Å².